The van der Waals surface area contributed by atoms with Crippen molar-refractivity contribution in [2.45, 2.75) is 155 Å². The Bertz CT molecular complexity index is 921. The van der Waals surface area contributed by atoms with Crippen LogP contribution in [0.1, 0.15) is 163 Å². The molecular formula is C38H64Br2N4O2. The average Bonchev–Trinajstić information content (AvgIpc) is 3.05. The third-order valence-corrected chi connectivity index (χ3v) is 8.52. The molecule has 0 aliphatic carbocycles. The molecule has 0 unspecified atom stereocenters. The van der Waals surface area contributed by atoms with Crippen LogP contribution in [0.15, 0.2) is 49.1 Å². The van der Waals surface area contributed by atoms with Gasteiger partial charge in [-0.25, -0.2) is 9.13 Å². The minimum Gasteiger partial charge on any atom is -1.00 e. The second kappa shape index (κ2) is 30.5. The predicted molar refractivity (Wildman–Crippen MR) is 182 cm³/mol. The van der Waals surface area contributed by atoms with Gasteiger partial charge in [0.15, 0.2) is 24.8 Å². The van der Waals surface area contributed by atoms with Crippen molar-refractivity contribution in [1.82, 2.24) is 10.6 Å². The molecule has 8 heteroatoms. The molecule has 2 rings (SSSR count). The average molecular weight is 769 g/mol. The van der Waals surface area contributed by atoms with Gasteiger partial charge >= 0.3 is 0 Å². The summed E-state index contributed by atoms with van der Waals surface area (Å²) in [6.07, 6.45) is 33.2. The van der Waals surface area contributed by atoms with Gasteiger partial charge in [-0.05, 0) is 25.7 Å². The third-order valence-electron chi connectivity index (χ3n) is 8.52. The molecule has 6 nitrogen and oxygen atoms in total. The first-order chi connectivity index (χ1) is 21.6. The number of hydrogen-bond acceptors (Lipinski definition) is 2. The first-order valence-corrected chi connectivity index (χ1v) is 18.2. The van der Waals surface area contributed by atoms with Gasteiger partial charge in [0.1, 0.15) is 13.1 Å². The molecule has 0 atom stereocenters. The maximum Gasteiger partial charge on any atom is 0.251 e. The number of pyridine rings is 2. The van der Waals surface area contributed by atoms with Gasteiger partial charge < -0.3 is 44.6 Å². The molecule has 2 heterocycles. The zero-order valence-electron chi connectivity index (χ0n) is 29.1. The van der Waals surface area contributed by atoms with Crippen molar-refractivity contribution in [1.29, 1.82) is 0 Å². The second-order valence-electron chi connectivity index (χ2n) is 12.5. The lowest BCUT2D eigenvalue weighted by atomic mass is 10.1. The molecule has 0 radical (unpaired) electrons. The molecule has 0 aliphatic rings. The van der Waals surface area contributed by atoms with Crippen LogP contribution >= 0.6 is 0 Å². The molecule has 2 N–H and O–H groups in total. The van der Waals surface area contributed by atoms with E-state index < -0.39 is 0 Å². The van der Waals surface area contributed by atoms with Crippen molar-refractivity contribution < 1.29 is 52.7 Å². The van der Waals surface area contributed by atoms with Gasteiger partial charge in [0.25, 0.3) is 11.8 Å². The van der Waals surface area contributed by atoms with Gasteiger partial charge in [-0.2, -0.15) is 0 Å². The maximum atomic E-state index is 12.5. The molecule has 0 aromatic carbocycles. The van der Waals surface area contributed by atoms with Crippen molar-refractivity contribution in [3.05, 3.63) is 60.2 Å². The predicted octanol–water partition coefficient (Wildman–Crippen LogP) is 2.27. The topological polar surface area (TPSA) is 66.0 Å². The Morgan fingerprint density at radius 3 is 1.07 bits per heavy atom. The fourth-order valence-electron chi connectivity index (χ4n) is 5.58. The Hall–Kier alpha value is -1.80. The highest BCUT2D eigenvalue weighted by Crippen LogP contribution is 2.09. The van der Waals surface area contributed by atoms with Gasteiger partial charge in [-0.1, -0.05) is 104 Å². The Balaban J connectivity index is 0.0000101. The fraction of sp³-hybridized carbons (Fsp3) is 0.684. The Morgan fingerprint density at radius 2 is 0.739 bits per heavy atom. The summed E-state index contributed by atoms with van der Waals surface area (Å²) in [4.78, 5) is 25.0. The lowest BCUT2D eigenvalue weighted by molar-refractivity contribution is -0.697. The number of nitrogens with one attached hydrogen (secondary N) is 2. The molecule has 0 spiro atoms. The molecule has 2 amide bonds. The number of halogens is 2. The smallest absolute Gasteiger partial charge is 0.251 e. The number of rotatable bonds is 27. The molecular weight excluding hydrogens is 704 g/mol. The molecule has 0 aliphatic heterocycles. The van der Waals surface area contributed by atoms with Crippen LogP contribution in [0.4, 0.5) is 0 Å². The van der Waals surface area contributed by atoms with Gasteiger partial charge in [0.2, 0.25) is 0 Å². The molecule has 2 aromatic rings. The first kappa shape index (κ1) is 44.2. The van der Waals surface area contributed by atoms with Gasteiger partial charge in [0, 0.05) is 50.2 Å². The summed E-state index contributed by atoms with van der Waals surface area (Å²) in [6.45, 7) is 7.92. The molecule has 46 heavy (non-hydrogen) atoms. The van der Waals surface area contributed by atoms with E-state index in [1.165, 1.54) is 103 Å². The largest absolute Gasteiger partial charge is 1.00 e. The zero-order valence-corrected chi connectivity index (χ0v) is 32.2. The quantitative estimate of drug-likeness (QED) is 0.108. The van der Waals surface area contributed by atoms with Gasteiger partial charge in [0.05, 0.1) is 11.1 Å². The molecule has 0 saturated carbocycles. The Morgan fingerprint density at radius 1 is 0.457 bits per heavy atom. The van der Waals surface area contributed by atoms with E-state index in [2.05, 4.69) is 33.6 Å². The zero-order chi connectivity index (χ0) is 31.5. The van der Waals surface area contributed by atoms with Crippen LogP contribution in [-0.2, 0) is 13.1 Å². The molecule has 2 aromatic heterocycles. The number of nitrogens with zero attached hydrogens (tertiary/aromatic N) is 2. The van der Waals surface area contributed by atoms with E-state index in [0.29, 0.717) is 13.1 Å². The standard InChI is InChI=1S/C38H62N4O2.2BrH/c1-3-5-7-9-11-13-17-21-29-41-31-23-35(24-32-41)37(43)39-27-19-15-16-20-28-40-38(44)36-25-33-42(34-26-36)30-22-18-14-12-10-8-6-4-2;;/h23-26,31-34H,3-22,27-30H2,1-2H3;2*1H. The van der Waals surface area contributed by atoms with Crippen LogP contribution in [-0.4, -0.2) is 24.9 Å². The van der Waals surface area contributed by atoms with E-state index in [1.54, 1.807) is 0 Å². The normalized spacial score (nSPS) is 10.6. The van der Waals surface area contributed by atoms with E-state index in [0.717, 1.165) is 49.9 Å². The number of carbonyl (C=O) groups is 2. The van der Waals surface area contributed by atoms with Crippen molar-refractivity contribution in [3.63, 3.8) is 0 Å². The van der Waals surface area contributed by atoms with Crippen LogP contribution in [0.3, 0.4) is 0 Å². The summed E-state index contributed by atoms with van der Waals surface area (Å²) in [5, 5.41) is 6.08. The van der Waals surface area contributed by atoms with Gasteiger partial charge in [-0.15, -0.1) is 0 Å². The lowest BCUT2D eigenvalue weighted by Gasteiger charge is -2.07. The maximum absolute atomic E-state index is 12.5. The highest BCUT2D eigenvalue weighted by molar-refractivity contribution is 5.94. The Kier molecular flexibility index (Phi) is 29.3. The van der Waals surface area contributed by atoms with E-state index >= 15 is 0 Å². The molecule has 0 fully saturated rings. The summed E-state index contributed by atoms with van der Waals surface area (Å²) in [7, 11) is 0. The number of aromatic nitrogens is 2. The number of amides is 2. The monoisotopic (exact) mass is 766 g/mol. The van der Waals surface area contributed by atoms with Crippen LogP contribution < -0.4 is 53.7 Å². The summed E-state index contributed by atoms with van der Waals surface area (Å²) in [6, 6.07) is 7.69. The van der Waals surface area contributed by atoms with Crippen molar-refractivity contribution in [2.75, 3.05) is 13.1 Å². The first-order valence-electron chi connectivity index (χ1n) is 18.2. The van der Waals surface area contributed by atoms with Gasteiger partial charge in [-0.3, -0.25) is 9.59 Å². The van der Waals surface area contributed by atoms with E-state index in [9.17, 15) is 9.59 Å². The Labute approximate surface area is 302 Å². The van der Waals surface area contributed by atoms with Crippen LogP contribution in [0.2, 0.25) is 0 Å². The SMILES string of the molecule is CCCCCCCCCC[n+]1ccc(C(=O)NCCCCCCNC(=O)c2cc[n+](CCCCCCCCCC)cc2)cc1.[Br-].[Br-]. The minimum absolute atomic E-state index is 0. The number of aryl methyl sites for hydroxylation is 2. The summed E-state index contributed by atoms with van der Waals surface area (Å²) >= 11 is 0. The van der Waals surface area contributed by atoms with Crippen LogP contribution in [0, 0.1) is 0 Å². The molecule has 0 saturated heterocycles. The van der Waals surface area contributed by atoms with Crippen LogP contribution in [0.5, 0.6) is 0 Å². The van der Waals surface area contributed by atoms with E-state index in [1.807, 2.05) is 49.1 Å². The lowest BCUT2D eigenvalue weighted by Crippen LogP contribution is -3.00. The highest BCUT2D eigenvalue weighted by Gasteiger charge is 2.09. The van der Waals surface area contributed by atoms with Crippen molar-refractivity contribution in [2.24, 2.45) is 0 Å². The summed E-state index contributed by atoms with van der Waals surface area (Å²) < 4.78 is 4.36. The highest BCUT2D eigenvalue weighted by atomic mass is 79.9. The van der Waals surface area contributed by atoms with Crippen LogP contribution in [0.25, 0.3) is 0 Å². The summed E-state index contributed by atoms with van der Waals surface area (Å²) in [5.41, 5.74) is 1.44. The van der Waals surface area contributed by atoms with Crippen molar-refractivity contribution in [3.8, 4) is 0 Å². The second-order valence-corrected chi connectivity index (χ2v) is 12.5. The third kappa shape index (κ3) is 21.9. The fourth-order valence-corrected chi connectivity index (χ4v) is 5.58. The van der Waals surface area contributed by atoms with Crippen molar-refractivity contribution >= 4 is 11.8 Å². The molecule has 0 bridgehead atoms. The summed E-state index contributed by atoms with van der Waals surface area (Å²) in [5.74, 6) is -0.00282. The van der Waals surface area contributed by atoms with E-state index in [4.69, 9.17) is 0 Å². The number of carbonyl (C=O) groups excluding carboxylic acids is 2. The molecule has 262 valence electrons. The number of hydrogen-bond donors (Lipinski definition) is 2. The minimum atomic E-state index is -0.00141. The number of unbranched alkanes of at least 4 members (excludes halogenated alkanes) is 17. The van der Waals surface area contributed by atoms with E-state index in [-0.39, 0.29) is 45.8 Å².